The standard InChI is InChI=1S/C29H50O24/c1-6-11(35)15(39)20(44)25(51-6)27(47,10(34)4-32)29(49,26-21(45)17(41)14(38)9(3-31)53-26)28(48,24-19(43)12(36)7(33)5-50-24)23(46)22-18(42)16(40)13(37)8(2-30)52-22/h6-22,24-26,30-45,47-49H,2-5H2,1H3/t6-,7+,8+,9+,10+,11+,12-,13+,14-,15+,16-,17-,18+,19+,20-,21+,22?,24?,25?,26?,27-,28+,29-/m0/s1/i22D,24D,25D,26D. The SMILES string of the molecule is [2H]C1(C(=O)[C@@](O)(C2([2H])OC[C@@H](O)[C@H](O)[C@H]2O)[C@](O)(C2([2H])O[C@H](CO)[C@H](O)[C@H](O)[C@H]2O)[C@](O)([C@H](O)CO)C2([2H])O[C@@H](C)[C@@H](O)[C@@H](O)[C@@H]2O)O[C@H](CO)[C@@H](O)[C@H](O)[C@H]1O. The summed E-state index contributed by atoms with van der Waals surface area (Å²) in [5.41, 5.74) is -16.4. The first-order chi connectivity index (χ1) is 26.0. The molecular formula is C29H50O24. The largest absolute Gasteiger partial charge is 0.394 e. The molecule has 4 unspecified atom stereocenters. The number of ketones is 1. The molecule has 24 nitrogen and oxygen atoms in total. The Morgan fingerprint density at radius 1 is 0.642 bits per heavy atom. The van der Waals surface area contributed by atoms with Gasteiger partial charge in [-0.15, -0.1) is 0 Å². The lowest BCUT2D eigenvalue weighted by Crippen LogP contribution is -2.90. The van der Waals surface area contributed by atoms with Crippen LogP contribution in [0.3, 0.4) is 0 Å². The van der Waals surface area contributed by atoms with E-state index in [9.17, 15) is 101 Å². The van der Waals surface area contributed by atoms with Crippen LogP contribution in [0.1, 0.15) is 12.4 Å². The Labute approximate surface area is 304 Å². The highest BCUT2D eigenvalue weighted by atomic mass is 16.6. The smallest absolute Gasteiger partial charge is 0.201 e. The van der Waals surface area contributed by atoms with Crippen molar-refractivity contribution in [2.45, 2.75) is 146 Å². The summed E-state index contributed by atoms with van der Waals surface area (Å²) in [6, 6.07) is 0. The van der Waals surface area contributed by atoms with Crippen LogP contribution in [0.4, 0.5) is 0 Å². The number of hydrogen-bond donors (Lipinski definition) is 19. The van der Waals surface area contributed by atoms with E-state index in [1.165, 1.54) is 0 Å². The van der Waals surface area contributed by atoms with Crippen molar-refractivity contribution in [1.82, 2.24) is 0 Å². The zero-order chi connectivity index (χ0) is 44.0. The number of aliphatic hydroxyl groups is 19. The molecule has 4 aliphatic rings. The number of aliphatic hydroxyl groups excluding tert-OH is 16. The normalized spacial score (nSPS) is 56.3. The minimum absolute atomic E-state index is 0.778. The van der Waals surface area contributed by atoms with Gasteiger partial charge in [-0.2, -0.15) is 0 Å². The Morgan fingerprint density at radius 3 is 1.64 bits per heavy atom. The van der Waals surface area contributed by atoms with E-state index in [1.54, 1.807) is 0 Å². The average molecular weight is 787 g/mol. The van der Waals surface area contributed by atoms with Crippen LogP contribution in [0.5, 0.6) is 0 Å². The van der Waals surface area contributed by atoms with Gasteiger partial charge in [-0.3, -0.25) is 4.79 Å². The fourth-order valence-electron chi connectivity index (χ4n) is 6.81. The van der Waals surface area contributed by atoms with Crippen molar-refractivity contribution >= 4 is 5.78 Å². The van der Waals surface area contributed by atoms with Gasteiger partial charge in [0, 0.05) is 0 Å². The Hall–Kier alpha value is -1.25. The van der Waals surface area contributed by atoms with Crippen LogP contribution < -0.4 is 0 Å². The van der Waals surface area contributed by atoms with Crippen LogP contribution in [0.2, 0.25) is 0 Å². The van der Waals surface area contributed by atoms with Gasteiger partial charge >= 0.3 is 0 Å². The summed E-state index contributed by atoms with van der Waals surface area (Å²) in [6.45, 7) is -6.01. The van der Waals surface area contributed by atoms with Crippen LogP contribution in [0.15, 0.2) is 0 Å². The molecule has 4 aliphatic heterocycles. The van der Waals surface area contributed by atoms with Crippen LogP contribution in [-0.2, 0) is 23.7 Å². The summed E-state index contributed by atoms with van der Waals surface area (Å²) in [7, 11) is 0. The van der Waals surface area contributed by atoms with Gasteiger partial charge in [-0.25, -0.2) is 0 Å². The van der Waals surface area contributed by atoms with Gasteiger partial charge in [0.15, 0.2) is 16.8 Å². The van der Waals surface area contributed by atoms with E-state index in [0.29, 0.717) is 0 Å². The second kappa shape index (κ2) is 16.3. The number of Topliss-reactive ketones (excluding diaryl/α,β-unsaturated/α-hetero) is 1. The summed E-state index contributed by atoms with van der Waals surface area (Å²) >= 11 is 0. The second-order valence-electron chi connectivity index (χ2n) is 13.3. The van der Waals surface area contributed by atoms with E-state index < -0.39 is 171 Å². The number of rotatable bonds is 11. The first-order valence-electron chi connectivity index (χ1n) is 18.1. The molecule has 0 aromatic rings. The molecule has 4 fully saturated rings. The first kappa shape index (κ1) is 38.6. The average Bonchev–Trinajstić information content (AvgIpc) is 3.19. The number of hydrogen-bond acceptors (Lipinski definition) is 24. The summed E-state index contributed by atoms with van der Waals surface area (Å²) in [5, 5.41) is 211. The summed E-state index contributed by atoms with van der Waals surface area (Å²) < 4.78 is 57.4. The van der Waals surface area contributed by atoms with Crippen molar-refractivity contribution < 1.29 is 126 Å². The fourth-order valence-corrected chi connectivity index (χ4v) is 6.81. The van der Waals surface area contributed by atoms with Crippen molar-refractivity contribution in [3.05, 3.63) is 0 Å². The zero-order valence-electron chi connectivity index (χ0n) is 31.6. The predicted molar refractivity (Wildman–Crippen MR) is 161 cm³/mol. The molecule has 0 aromatic carbocycles. The lowest BCUT2D eigenvalue weighted by Gasteiger charge is -2.63. The molecule has 0 saturated carbocycles. The van der Waals surface area contributed by atoms with E-state index in [0.717, 1.165) is 6.92 Å². The van der Waals surface area contributed by atoms with E-state index in [1.807, 2.05) is 0 Å². The molecule has 0 aliphatic carbocycles. The van der Waals surface area contributed by atoms with Gasteiger partial charge in [0.1, 0.15) is 116 Å². The maximum absolute atomic E-state index is 15.2. The van der Waals surface area contributed by atoms with Gasteiger partial charge in [0.2, 0.25) is 5.78 Å². The topological polar surface area (TPSA) is 438 Å². The molecular weight excluding hydrogens is 732 g/mol. The Kier molecular flexibility index (Phi) is 11.9. The van der Waals surface area contributed by atoms with E-state index in [4.69, 9.17) is 20.3 Å². The molecule has 23 atom stereocenters. The van der Waals surface area contributed by atoms with Gasteiger partial charge in [-0.1, -0.05) is 0 Å². The minimum atomic E-state index is -5.64. The third-order valence-corrected chi connectivity index (χ3v) is 10.1. The molecule has 4 saturated heterocycles. The van der Waals surface area contributed by atoms with E-state index >= 15 is 4.79 Å². The van der Waals surface area contributed by atoms with Gasteiger partial charge in [0.05, 0.1) is 38.0 Å². The third kappa shape index (κ3) is 6.74. The van der Waals surface area contributed by atoms with Crippen molar-refractivity contribution in [2.75, 3.05) is 26.4 Å². The Balaban J connectivity index is 2.34. The maximum Gasteiger partial charge on any atom is 0.201 e. The van der Waals surface area contributed by atoms with Crippen LogP contribution >= 0.6 is 0 Å². The van der Waals surface area contributed by atoms with Crippen LogP contribution in [0.25, 0.3) is 0 Å². The molecule has 24 heteroatoms. The number of carbonyl (C=O) groups is 1. The monoisotopic (exact) mass is 786 g/mol. The summed E-state index contributed by atoms with van der Waals surface area (Å²) in [4.78, 5) is 15.2. The number of ether oxygens (including phenoxy) is 4. The fraction of sp³-hybridized carbons (Fsp3) is 0.966. The van der Waals surface area contributed by atoms with Crippen LogP contribution in [0, 0.1) is 0 Å². The first-order valence-corrected chi connectivity index (χ1v) is 16.1. The molecule has 53 heavy (non-hydrogen) atoms. The number of carbonyl (C=O) groups excluding carboxylic acids is 1. The highest BCUT2D eigenvalue weighted by Gasteiger charge is 2.81. The van der Waals surface area contributed by atoms with Crippen molar-refractivity contribution in [3.63, 3.8) is 0 Å². The molecule has 0 spiro atoms. The van der Waals surface area contributed by atoms with Gasteiger partial charge in [0.25, 0.3) is 0 Å². The molecule has 0 amide bonds. The minimum Gasteiger partial charge on any atom is -0.394 e. The highest BCUT2D eigenvalue weighted by Crippen LogP contribution is 2.52. The zero-order valence-corrected chi connectivity index (χ0v) is 27.6. The maximum atomic E-state index is 15.2. The molecule has 4 heterocycles. The third-order valence-electron chi connectivity index (χ3n) is 10.1. The lowest BCUT2D eigenvalue weighted by molar-refractivity contribution is -0.398. The quantitative estimate of drug-likeness (QED) is 0.0924. The Morgan fingerprint density at radius 2 is 1.11 bits per heavy atom. The van der Waals surface area contributed by atoms with Crippen molar-refractivity contribution in [3.8, 4) is 0 Å². The molecule has 19 N–H and O–H groups in total. The summed E-state index contributed by atoms with van der Waals surface area (Å²) in [6.07, 6.45) is -63.9. The molecule has 4 rings (SSSR count). The molecule has 0 bridgehead atoms. The van der Waals surface area contributed by atoms with Crippen molar-refractivity contribution in [1.29, 1.82) is 0 Å². The molecule has 310 valence electrons. The van der Waals surface area contributed by atoms with E-state index in [2.05, 4.69) is 0 Å². The lowest BCUT2D eigenvalue weighted by atomic mass is 9.55. The molecule has 0 aromatic heterocycles. The van der Waals surface area contributed by atoms with Gasteiger partial charge in [-0.05, 0) is 6.92 Å². The predicted octanol–water partition coefficient (Wildman–Crippen LogP) is -12.9. The Bertz CT molecular complexity index is 1460. The van der Waals surface area contributed by atoms with Crippen molar-refractivity contribution in [2.24, 2.45) is 0 Å². The van der Waals surface area contributed by atoms with Crippen LogP contribution in [-0.4, -0.2) is 268 Å². The highest BCUT2D eigenvalue weighted by molar-refractivity contribution is 5.94. The van der Waals surface area contributed by atoms with Gasteiger partial charge < -0.3 is 116 Å². The van der Waals surface area contributed by atoms with E-state index in [-0.39, 0.29) is 0 Å². The molecule has 0 radical (unpaired) electrons. The second-order valence-corrected chi connectivity index (χ2v) is 13.3. The summed E-state index contributed by atoms with van der Waals surface area (Å²) in [5.74, 6) is -3.07.